The lowest BCUT2D eigenvalue weighted by Crippen LogP contribution is -2.21. The number of nitro benzene ring substituents is 1. The number of rotatable bonds is 5. The van der Waals surface area contributed by atoms with Gasteiger partial charge in [-0.25, -0.2) is 0 Å². The standard InChI is InChI=1S/C17H18N2O4/c1-11-5-7-16(13(3)8-11)23-10-17(20)18-14-6-4-12(2)9-15(14)19(21)22/h4-9H,10H2,1-3H3,(H,18,20). The molecule has 0 heterocycles. The summed E-state index contributed by atoms with van der Waals surface area (Å²) in [5.41, 5.74) is 2.81. The van der Waals surface area contributed by atoms with Crippen molar-refractivity contribution in [2.45, 2.75) is 20.8 Å². The van der Waals surface area contributed by atoms with Crippen LogP contribution in [0.4, 0.5) is 11.4 Å². The first kappa shape index (κ1) is 16.5. The Morgan fingerprint density at radius 2 is 1.78 bits per heavy atom. The smallest absolute Gasteiger partial charge is 0.293 e. The third kappa shape index (κ3) is 4.29. The second kappa shape index (κ2) is 6.91. The van der Waals surface area contributed by atoms with Crippen LogP contribution in [0.2, 0.25) is 0 Å². The van der Waals surface area contributed by atoms with Gasteiger partial charge in [-0.3, -0.25) is 14.9 Å². The fourth-order valence-corrected chi connectivity index (χ4v) is 2.19. The molecule has 1 amide bonds. The average molecular weight is 314 g/mol. The molecule has 23 heavy (non-hydrogen) atoms. The van der Waals surface area contributed by atoms with Gasteiger partial charge in [0.05, 0.1) is 4.92 Å². The van der Waals surface area contributed by atoms with E-state index in [2.05, 4.69) is 5.32 Å². The second-order valence-electron chi connectivity index (χ2n) is 5.38. The molecule has 2 aromatic carbocycles. The van der Waals surface area contributed by atoms with Gasteiger partial charge < -0.3 is 10.1 Å². The molecule has 6 nitrogen and oxygen atoms in total. The first-order valence-electron chi connectivity index (χ1n) is 7.12. The summed E-state index contributed by atoms with van der Waals surface area (Å²) < 4.78 is 5.47. The number of ether oxygens (including phenoxy) is 1. The monoisotopic (exact) mass is 314 g/mol. The summed E-state index contributed by atoms with van der Waals surface area (Å²) in [6, 6.07) is 10.3. The van der Waals surface area contributed by atoms with Crippen molar-refractivity contribution in [1.29, 1.82) is 0 Å². The highest BCUT2D eigenvalue weighted by molar-refractivity contribution is 5.94. The highest BCUT2D eigenvalue weighted by Crippen LogP contribution is 2.25. The van der Waals surface area contributed by atoms with Crippen molar-refractivity contribution >= 4 is 17.3 Å². The maximum absolute atomic E-state index is 12.0. The van der Waals surface area contributed by atoms with Gasteiger partial charge in [-0.1, -0.05) is 23.8 Å². The predicted molar refractivity (Wildman–Crippen MR) is 87.9 cm³/mol. The van der Waals surface area contributed by atoms with Crippen LogP contribution in [-0.2, 0) is 4.79 Å². The number of nitro groups is 1. The molecule has 1 N–H and O–H groups in total. The molecule has 0 radical (unpaired) electrons. The van der Waals surface area contributed by atoms with E-state index >= 15 is 0 Å². The number of benzene rings is 2. The van der Waals surface area contributed by atoms with Gasteiger partial charge in [-0.05, 0) is 44.0 Å². The highest BCUT2D eigenvalue weighted by atomic mass is 16.6. The Labute approximate surface area is 134 Å². The van der Waals surface area contributed by atoms with Gasteiger partial charge in [-0.2, -0.15) is 0 Å². The van der Waals surface area contributed by atoms with E-state index < -0.39 is 10.8 Å². The molecule has 0 saturated carbocycles. The van der Waals surface area contributed by atoms with Crippen LogP contribution in [-0.4, -0.2) is 17.4 Å². The molecule has 120 valence electrons. The van der Waals surface area contributed by atoms with Gasteiger partial charge in [0.15, 0.2) is 6.61 Å². The van der Waals surface area contributed by atoms with Crippen molar-refractivity contribution < 1.29 is 14.5 Å². The molecular formula is C17H18N2O4. The van der Waals surface area contributed by atoms with Gasteiger partial charge in [0.25, 0.3) is 11.6 Å². The summed E-state index contributed by atoms with van der Waals surface area (Å²) >= 11 is 0. The van der Waals surface area contributed by atoms with Crippen LogP contribution < -0.4 is 10.1 Å². The Bertz CT molecular complexity index is 756. The van der Waals surface area contributed by atoms with Crippen LogP contribution in [0.5, 0.6) is 5.75 Å². The molecule has 0 aliphatic rings. The Balaban J connectivity index is 2.04. The van der Waals surface area contributed by atoms with E-state index in [0.29, 0.717) is 5.75 Å². The lowest BCUT2D eigenvalue weighted by molar-refractivity contribution is -0.384. The number of hydrogen-bond donors (Lipinski definition) is 1. The maximum Gasteiger partial charge on any atom is 0.293 e. The van der Waals surface area contributed by atoms with Crippen molar-refractivity contribution in [3.8, 4) is 5.75 Å². The number of aryl methyl sites for hydroxylation is 3. The first-order valence-corrected chi connectivity index (χ1v) is 7.12. The van der Waals surface area contributed by atoms with Gasteiger partial charge in [0.1, 0.15) is 11.4 Å². The van der Waals surface area contributed by atoms with E-state index in [4.69, 9.17) is 4.74 Å². The van der Waals surface area contributed by atoms with Crippen LogP contribution in [0.3, 0.4) is 0 Å². The number of nitrogens with zero attached hydrogens (tertiary/aromatic N) is 1. The molecule has 0 atom stereocenters. The normalized spacial score (nSPS) is 10.2. The van der Waals surface area contributed by atoms with Crippen molar-refractivity contribution in [2.75, 3.05) is 11.9 Å². The Morgan fingerprint density at radius 3 is 2.43 bits per heavy atom. The van der Waals surface area contributed by atoms with Crippen LogP contribution in [0.25, 0.3) is 0 Å². The zero-order valence-electron chi connectivity index (χ0n) is 13.3. The largest absolute Gasteiger partial charge is 0.483 e. The van der Waals surface area contributed by atoms with Gasteiger partial charge in [-0.15, -0.1) is 0 Å². The average Bonchev–Trinajstić information content (AvgIpc) is 2.48. The molecule has 0 aromatic heterocycles. The molecule has 2 aromatic rings. The van der Waals surface area contributed by atoms with Crippen molar-refractivity contribution in [1.82, 2.24) is 0 Å². The molecule has 0 bridgehead atoms. The summed E-state index contributed by atoms with van der Waals surface area (Å²) in [6.45, 7) is 5.40. The summed E-state index contributed by atoms with van der Waals surface area (Å²) in [6.07, 6.45) is 0. The van der Waals surface area contributed by atoms with Crippen molar-refractivity contribution in [2.24, 2.45) is 0 Å². The minimum Gasteiger partial charge on any atom is -0.483 e. The fraction of sp³-hybridized carbons (Fsp3) is 0.235. The van der Waals surface area contributed by atoms with Crippen LogP contribution >= 0.6 is 0 Å². The van der Waals surface area contributed by atoms with E-state index in [0.717, 1.165) is 16.7 Å². The fourth-order valence-electron chi connectivity index (χ4n) is 2.19. The minimum atomic E-state index is -0.520. The first-order chi connectivity index (χ1) is 10.9. The van der Waals surface area contributed by atoms with E-state index in [9.17, 15) is 14.9 Å². The van der Waals surface area contributed by atoms with E-state index in [-0.39, 0.29) is 18.0 Å². The maximum atomic E-state index is 12.0. The molecule has 6 heteroatoms. The molecule has 2 rings (SSSR count). The zero-order valence-corrected chi connectivity index (χ0v) is 13.3. The number of hydrogen-bond acceptors (Lipinski definition) is 4. The van der Waals surface area contributed by atoms with Gasteiger partial charge in [0, 0.05) is 6.07 Å². The Hall–Kier alpha value is -2.89. The lowest BCUT2D eigenvalue weighted by atomic mass is 10.1. The van der Waals surface area contributed by atoms with E-state index in [1.165, 1.54) is 12.1 Å². The minimum absolute atomic E-state index is 0.134. The summed E-state index contributed by atoms with van der Waals surface area (Å²) in [5.74, 6) is 0.168. The molecule has 0 fully saturated rings. The van der Waals surface area contributed by atoms with Gasteiger partial charge >= 0.3 is 0 Å². The van der Waals surface area contributed by atoms with Crippen LogP contribution in [0.15, 0.2) is 36.4 Å². The van der Waals surface area contributed by atoms with Gasteiger partial charge in [0.2, 0.25) is 0 Å². The van der Waals surface area contributed by atoms with Crippen LogP contribution in [0, 0.1) is 30.9 Å². The lowest BCUT2D eigenvalue weighted by Gasteiger charge is -2.10. The summed E-state index contributed by atoms with van der Waals surface area (Å²) in [7, 11) is 0. The third-order valence-corrected chi connectivity index (χ3v) is 3.31. The highest BCUT2D eigenvalue weighted by Gasteiger charge is 2.16. The topological polar surface area (TPSA) is 81.5 Å². The molecule has 0 aliphatic heterocycles. The zero-order chi connectivity index (χ0) is 17.0. The number of nitrogens with one attached hydrogen (secondary N) is 1. The number of carbonyl (C=O) groups excluding carboxylic acids is 1. The Kier molecular flexibility index (Phi) is 4.95. The van der Waals surface area contributed by atoms with E-state index in [1.54, 1.807) is 19.1 Å². The molecule has 0 saturated heterocycles. The third-order valence-electron chi connectivity index (χ3n) is 3.31. The summed E-state index contributed by atoms with van der Waals surface area (Å²) in [4.78, 5) is 22.5. The second-order valence-corrected chi connectivity index (χ2v) is 5.38. The molecule has 0 aliphatic carbocycles. The quantitative estimate of drug-likeness (QED) is 0.676. The van der Waals surface area contributed by atoms with Crippen molar-refractivity contribution in [3.63, 3.8) is 0 Å². The number of anilines is 1. The predicted octanol–water partition coefficient (Wildman–Crippen LogP) is 3.54. The SMILES string of the molecule is Cc1ccc(OCC(=O)Nc2ccc(C)cc2[N+](=O)[O-])c(C)c1. The summed E-state index contributed by atoms with van der Waals surface area (Å²) in [5, 5.41) is 13.5. The van der Waals surface area contributed by atoms with Crippen LogP contribution in [0.1, 0.15) is 16.7 Å². The van der Waals surface area contributed by atoms with E-state index in [1.807, 2.05) is 26.0 Å². The molecule has 0 unspecified atom stereocenters. The number of amides is 1. The number of carbonyl (C=O) groups is 1. The molecule has 0 spiro atoms. The Morgan fingerprint density at radius 1 is 1.13 bits per heavy atom. The molecular weight excluding hydrogens is 296 g/mol. The van der Waals surface area contributed by atoms with Crippen molar-refractivity contribution in [3.05, 3.63) is 63.2 Å².